The van der Waals surface area contributed by atoms with Gasteiger partial charge in [0.05, 0.1) is 30.7 Å². The number of aromatic carboxylic acids is 1. The molecular formula is C20H25N3O5. The maximum absolute atomic E-state index is 12.1. The van der Waals surface area contributed by atoms with Gasteiger partial charge in [-0.3, -0.25) is 0 Å². The van der Waals surface area contributed by atoms with E-state index >= 15 is 0 Å². The number of ether oxygens (including phenoxy) is 2. The van der Waals surface area contributed by atoms with Crippen LogP contribution in [0.3, 0.4) is 0 Å². The van der Waals surface area contributed by atoms with E-state index in [-0.39, 0.29) is 24.4 Å². The Morgan fingerprint density at radius 3 is 2.68 bits per heavy atom. The highest BCUT2D eigenvalue weighted by atomic mass is 16.6. The Morgan fingerprint density at radius 1 is 1.21 bits per heavy atom. The number of aromatic nitrogens is 2. The summed E-state index contributed by atoms with van der Waals surface area (Å²) >= 11 is 0. The molecule has 3 rings (SSSR count). The fourth-order valence-electron chi connectivity index (χ4n) is 3.67. The van der Waals surface area contributed by atoms with Crippen LogP contribution >= 0.6 is 0 Å². The van der Waals surface area contributed by atoms with Gasteiger partial charge in [0.15, 0.2) is 5.69 Å². The smallest absolute Gasteiger partial charge is 0.407 e. The second kappa shape index (κ2) is 9.36. The van der Waals surface area contributed by atoms with Crippen LogP contribution in [-0.4, -0.2) is 53.1 Å². The van der Waals surface area contributed by atoms with Crippen LogP contribution < -0.4 is 5.32 Å². The number of imidazole rings is 1. The van der Waals surface area contributed by atoms with Crippen molar-refractivity contribution in [2.75, 3.05) is 20.3 Å². The highest BCUT2D eigenvalue weighted by molar-refractivity contribution is 5.93. The first-order valence-electron chi connectivity index (χ1n) is 9.39. The van der Waals surface area contributed by atoms with Gasteiger partial charge in [0, 0.05) is 12.7 Å². The van der Waals surface area contributed by atoms with Gasteiger partial charge in [-0.05, 0) is 12.8 Å². The largest absolute Gasteiger partial charge is 0.476 e. The Bertz CT molecular complexity index is 805. The normalized spacial score (nSPS) is 19.2. The summed E-state index contributed by atoms with van der Waals surface area (Å²) < 4.78 is 11.9. The summed E-state index contributed by atoms with van der Waals surface area (Å²) in [5.41, 5.74) is 1.35. The van der Waals surface area contributed by atoms with E-state index in [0.29, 0.717) is 12.3 Å². The number of benzene rings is 1. The molecule has 0 saturated heterocycles. The minimum Gasteiger partial charge on any atom is -0.476 e. The number of methoxy groups -OCH3 is 1. The molecule has 1 aliphatic rings. The lowest BCUT2D eigenvalue weighted by Gasteiger charge is -2.33. The molecule has 8 nitrogen and oxygen atoms in total. The zero-order valence-corrected chi connectivity index (χ0v) is 15.8. The maximum Gasteiger partial charge on any atom is 0.407 e. The van der Waals surface area contributed by atoms with Crippen molar-refractivity contribution in [3.8, 4) is 11.3 Å². The number of carbonyl (C=O) groups is 2. The van der Waals surface area contributed by atoms with Gasteiger partial charge in [-0.2, -0.15) is 0 Å². The van der Waals surface area contributed by atoms with E-state index in [1.165, 1.54) is 0 Å². The number of nitrogens with zero attached hydrogens (tertiary/aromatic N) is 2. The van der Waals surface area contributed by atoms with Crippen LogP contribution in [0.4, 0.5) is 4.79 Å². The van der Waals surface area contributed by atoms with E-state index in [1.807, 2.05) is 34.9 Å². The number of carboxylic acids is 1. The lowest BCUT2D eigenvalue weighted by Crippen LogP contribution is -2.43. The number of nitrogens with one attached hydrogen (secondary N) is 1. The molecule has 0 aliphatic heterocycles. The minimum absolute atomic E-state index is 0.0122. The zero-order chi connectivity index (χ0) is 19.9. The lowest BCUT2D eigenvalue weighted by molar-refractivity contribution is 0.0691. The number of carboxylic acid groups (broad SMARTS) is 1. The van der Waals surface area contributed by atoms with E-state index in [0.717, 1.165) is 31.2 Å². The number of amides is 1. The first-order valence-corrected chi connectivity index (χ1v) is 9.39. The third-order valence-corrected chi connectivity index (χ3v) is 4.95. The van der Waals surface area contributed by atoms with Gasteiger partial charge in [0.25, 0.3) is 0 Å². The van der Waals surface area contributed by atoms with Crippen molar-refractivity contribution in [3.63, 3.8) is 0 Å². The van der Waals surface area contributed by atoms with Crippen molar-refractivity contribution >= 4 is 12.1 Å². The van der Waals surface area contributed by atoms with Gasteiger partial charge in [-0.15, -0.1) is 0 Å². The Hall–Kier alpha value is -2.87. The van der Waals surface area contributed by atoms with Crippen LogP contribution in [0.1, 0.15) is 42.2 Å². The van der Waals surface area contributed by atoms with Gasteiger partial charge >= 0.3 is 12.1 Å². The summed E-state index contributed by atoms with van der Waals surface area (Å²) in [4.78, 5) is 28.0. The SMILES string of the molecule is COCCOC(=O)N[C@H]1CCCC[C@@H]1n1cnc(C(=O)O)c1-c1ccccc1. The van der Waals surface area contributed by atoms with E-state index in [1.54, 1.807) is 13.4 Å². The standard InChI is InChI=1S/C20H25N3O5/c1-27-11-12-28-20(26)22-15-9-5-6-10-16(15)23-13-21-17(19(24)25)18(23)14-7-3-2-4-8-14/h2-4,7-8,13,15-16H,5-6,9-12H2,1H3,(H,22,26)(H,24,25)/t15-,16-/m0/s1. The Kier molecular flexibility index (Phi) is 6.65. The monoisotopic (exact) mass is 387 g/mol. The van der Waals surface area contributed by atoms with Gasteiger partial charge in [-0.1, -0.05) is 43.2 Å². The molecule has 0 unspecified atom stereocenters. The van der Waals surface area contributed by atoms with Crippen LogP contribution in [0.25, 0.3) is 11.3 Å². The third kappa shape index (κ3) is 4.51. The van der Waals surface area contributed by atoms with Crippen LogP contribution in [0.15, 0.2) is 36.7 Å². The number of alkyl carbamates (subject to hydrolysis) is 1. The summed E-state index contributed by atoms with van der Waals surface area (Å²) in [6.45, 7) is 0.520. The second-order valence-corrected chi connectivity index (χ2v) is 6.75. The highest BCUT2D eigenvalue weighted by Gasteiger charge is 2.32. The van der Waals surface area contributed by atoms with Crippen LogP contribution in [0, 0.1) is 0 Å². The zero-order valence-electron chi connectivity index (χ0n) is 15.8. The van der Waals surface area contributed by atoms with Crippen molar-refractivity contribution in [2.45, 2.75) is 37.8 Å². The summed E-state index contributed by atoms with van der Waals surface area (Å²) in [7, 11) is 1.54. The molecule has 2 aromatic rings. The molecule has 1 amide bonds. The molecule has 1 fully saturated rings. The maximum atomic E-state index is 12.1. The quantitative estimate of drug-likeness (QED) is 0.708. The molecule has 8 heteroatoms. The van der Waals surface area contributed by atoms with Crippen molar-refractivity contribution < 1.29 is 24.2 Å². The summed E-state index contributed by atoms with van der Waals surface area (Å²) in [6, 6.07) is 9.08. The fraction of sp³-hybridized carbons (Fsp3) is 0.450. The summed E-state index contributed by atoms with van der Waals surface area (Å²) in [5, 5.41) is 12.5. The first kappa shape index (κ1) is 19.9. The molecular weight excluding hydrogens is 362 g/mol. The topological polar surface area (TPSA) is 103 Å². The molecule has 1 aliphatic carbocycles. The van der Waals surface area contributed by atoms with Crippen LogP contribution in [0.2, 0.25) is 0 Å². The fourth-order valence-corrected chi connectivity index (χ4v) is 3.67. The van der Waals surface area contributed by atoms with Crippen LogP contribution in [-0.2, 0) is 9.47 Å². The number of carbonyl (C=O) groups excluding carboxylic acids is 1. The Morgan fingerprint density at radius 2 is 1.96 bits per heavy atom. The van der Waals surface area contributed by atoms with Crippen molar-refractivity contribution in [1.29, 1.82) is 0 Å². The molecule has 0 bridgehead atoms. The highest BCUT2D eigenvalue weighted by Crippen LogP contribution is 2.34. The molecule has 150 valence electrons. The summed E-state index contributed by atoms with van der Waals surface area (Å²) in [5.74, 6) is -1.07. The third-order valence-electron chi connectivity index (χ3n) is 4.95. The van der Waals surface area contributed by atoms with E-state index < -0.39 is 12.1 Å². The average molecular weight is 387 g/mol. The molecule has 2 atom stereocenters. The second-order valence-electron chi connectivity index (χ2n) is 6.75. The van der Waals surface area contributed by atoms with E-state index in [9.17, 15) is 14.7 Å². The van der Waals surface area contributed by atoms with Crippen molar-refractivity contribution in [1.82, 2.24) is 14.9 Å². The van der Waals surface area contributed by atoms with E-state index in [4.69, 9.17) is 9.47 Å². The number of rotatable bonds is 7. The molecule has 0 spiro atoms. The van der Waals surface area contributed by atoms with Crippen molar-refractivity contribution in [2.24, 2.45) is 0 Å². The van der Waals surface area contributed by atoms with Crippen molar-refractivity contribution in [3.05, 3.63) is 42.4 Å². The van der Waals surface area contributed by atoms with Gasteiger partial charge < -0.3 is 24.5 Å². The first-order chi connectivity index (χ1) is 13.6. The number of hydrogen-bond acceptors (Lipinski definition) is 5. The molecule has 1 aromatic heterocycles. The predicted octanol–water partition coefficient (Wildman–Crippen LogP) is 3.10. The average Bonchev–Trinajstić information content (AvgIpc) is 3.14. The van der Waals surface area contributed by atoms with Gasteiger partial charge in [0.2, 0.25) is 0 Å². The Labute approximate surface area is 163 Å². The lowest BCUT2D eigenvalue weighted by atomic mass is 9.89. The van der Waals surface area contributed by atoms with E-state index in [2.05, 4.69) is 10.3 Å². The summed E-state index contributed by atoms with van der Waals surface area (Å²) in [6.07, 6.45) is 4.66. The molecule has 1 aromatic carbocycles. The molecule has 28 heavy (non-hydrogen) atoms. The number of hydrogen-bond donors (Lipinski definition) is 2. The Balaban J connectivity index is 1.88. The minimum atomic E-state index is -1.07. The van der Waals surface area contributed by atoms with Crippen LogP contribution in [0.5, 0.6) is 0 Å². The molecule has 0 radical (unpaired) electrons. The van der Waals surface area contributed by atoms with Gasteiger partial charge in [0.1, 0.15) is 6.61 Å². The molecule has 1 saturated carbocycles. The molecule has 2 N–H and O–H groups in total. The molecule has 1 heterocycles. The van der Waals surface area contributed by atoms with Gasteiger partial charge in [-0.25, -0.2) is 14.6 Å². The predicted molar refractivity (Wildman–Crippen MR) is 102 cm³/mol.